The summed E-state index contributed by atoms with van der Waals surface area (Å²) in [4.78, 5) is 26.6. The molecule has 0 saturated carbocycles. The minimum absolute atomic E-state index is 0.0937. The highest BCUT2D eigenvalue weighted by atomic mass is 19.4. The number of alkyl halides is 6. The van der Waals surface area contributed by atoms with Crippen LogP contribution in [0.3, 0.4) is 0 Å². The quantitative estimate of drug-likeness (QED) is 0.676. The molecule has 0 unspecified atom stereocenters. The number of primary amides is 1. The number of hydrogen-bond donors (Lipinski definition) is 1. The van der Waals surface area contributed by atoms with E-state index < -0.39 is 47.6 Å². The molecule has 6 nitrogen and oxygen atoms in total. The molecule has 180 valence electrons. The predicted octanol–water partition coefficient (Wildman–Crippen LogP) is 3.31. The molecule has 2 aliphatic rings. The van der Waals surface area contributed by atoms with Gasteiger partial charge in [0.15, 0.2) is 0 Å². The number of nitriles is 1. The molecular weight excluding hydrogens is 454 g/mol. The molecule has 2 atom stereocenters. The lowest BCUT2D eigenvalue weighted by Gasteiger charge is -2.36. The third kappa shape index (κ3) is 5.69. The maximum absolute atomic E-state index is 13.3. The summed E-state index contributed by atoms with van der Waals surface area (Å²) in [6, 6.07) is 4.85. The van der Waals surface area contributed by atoms with Gasteiger partial charge in [-0.3, -0.25) is 9.59 Å². The fraction of sp³-hybridized carbons (Fsp3) is 0.571. The van der Waals surface area contributed by atoms with E-state index in [9.17, 15) is 35.9 Å². The maximum atomic E-state index is 13.3. The van der Waals surface area contributed by atoms with Crippen molar-refractivity contribution in [3.8, 4) is 6.07 Å². The van der Waals surface area contributed by atoms with Gasteiger partial charge in [-0.1, -0.05) is 0 Å². The van der Waals surface area contributed by atoms with Crippen molar-refractivity contribution in [2.75, 3.05) is 31.1 Å². The van der Waals surface area contributed by atoms with Gasteiger partial charge in [-0.25, -0.2) is 0 Å². The summed E-state index contributed by atoms with van der Waals surface area (Å²) in [7, 11) is 0. The number of anilines is 1. The molecule has 2 fully saturated rings. The van der Waals surface area contributed by atoms with Crippen LogP contribution < -0.4 is 10.6 Å². The highest BCUT2D eigenvalue weighted by Crippen LogP contribution is 2.40. The number of halogens is 6. The zero-order chi connectivity index (χ0) is 24.6. The first-order valence-electron chi connectivity index (χ1n) is 10.3. The van der Waals surface area contributed by atoms with Gasteiger partial charge in [0.25, 0.3) is 0 Å². The number of piperidine rings is 1. The van der Waals surface area contributed by atoms with E-state index in [1.807, 2.05) is 0 Å². The lowest BCUT2D eigenvalue weighted by atomic mass is 9.78. The Morgan fingerprint density at radius 3 is 2.24 bits per heavy atom. The molecule has 0 aromatic heterocycles. The number of carbonyl (C=O) groups is 2. The van der Waals surface area contributed by atoms with Crippen molar-refractivity contribution in [2.24, 2.45) is 23.5 Å². The molecule has 2 N–H and O–H groups in total. The number of hydrogen-bond acceptors (Lipinski definition) is 4. The molecular formula is C21H22F6N4O2. The molecule has 3 rings (SSSR count). The number of rotatable bonds is 4. The van der Waals surface area contributed by atoms with E-state index in [1.165, 1.54) is 12.1 Å². The first kappa shape index (κ1) is 24.7. The summed E-state index contributed by atoms with van der Waals surface area (Å²) >= 11 is 0. The second-order valence-electron chi connectivity index (χ2n) is 8.43. The van der Waals surface area contributed by atoms with Gasteiger partial charge < -0.3 is 15.5 Å². The Morgan fingerprint density at radius 2 is 1.73 bits per heavy atom. The maximum Gasteiger partial charge on any atom is 0.417 e. The van der Waals surface area contributed by atoms with Crippen LogP contribution >= 0.6 is 0 Å². The Morgan fingerprint density at radius 1 is 1.09 bits per heavy atom. The minimum Gasteiger partial charge on any atom is -0.370 e. The topological polar surface area (TPSA) is 90.4 Å². The van der Waals surface area contributed by atoms with Crippen LogP contribution in [0.1, 0.15) is 30.4 Å². The Balaban J connectivity index is 1.73. The van der Waals surface area contributed by atoms with Crippen LogP contribution in [0.5, 0.6) is 0 Å². The highest BCUT2D eigenvalue weighted by Gasteiger charge is 2.43. The molecule has 0 spiro atoms. The van der Waals surface area contributed by atoms with Crippen LogP contribution in [0.4, 0.5) is 32.0 Å². The standard InChI is InChI=1S/C21H22F6N4O2/c22-20(23,24)8-18(32)30-5-3-12(4-6-30)15-10-31(11-16(15)19(29)33)14-2-1-13(9-28)17(7-14)21(25,26)27/h1-2,7,12,15-16H,3-6,8,10-11H2,(H2,29,33)/t15-,16+/m0/s1. The zero-order valence-corrected chi connectivity index (χ0v) is 17.4. The van der Waals surface area contributed by atoms with Gasteiger partial charge in [0, 0.05) is 31.9 Å². The Kier molecular flexibility index (Phi) is 6.81. The van der Waals surface area contributed by atoms with Gasteiger partial charge in [0.2, 0.25) is 11.8 Å². The number of carbonyl (C=O) groups excluding carboxylic acids is 2. The second kappa shape index (κ2) is 9.11. The summed E-state index contributed by atoms with van der Waals surface area (Å²) in [6.45, 7) is 0.543. The molecule has 0 bridgehead atoms. The SMILES string of the molecule is N#Cc1ccc(N2C[C@@H](C(N)=O)[C@H](C3CCN(C(=O)CC(F)(F)F)CC3)C2)cc1C(F)(F)F. The van der Waals surface area contributed by atoms with E-state index in [2.05, 4.69) is 0 Å². The summed E-state index contributed by atoms with van der Waals surface area (Å²) < 4.78 is 77.5. The summed E-state index contributed by atoms with van der Waals surface area (Å²) in [6.07, 6.45) is -10.1. The van der Waals surface area contributed by atoms with E-state index in [0.29, 0.717) is 12.8 Å². The van der Waals surface area contributed by atoms with Crippen molar-refractivity contribution in [1.82, 2.24) is 4.90 Å². The number of benzene rings is 1. The largest absolute Gasteiger partial charge is 0.417 e. The molecule has 2 heterocycles. The highest BCUT2D eigenvalue weighted by molar-refractivity contribution is 5.79. The fourth-order valence-electron chi connectivity index (χ4n) is 4.74. The normalized spacial score (nSPS) is 22.3. The Labute approximate surface area is 185 Å². The third-order valence-electron chi connectivity index (χ3n) is 6.37. The van der Waals surface area contributed by atoms with E-state index in [4.69, 9.17) is 11.0 Å². The van der Waals surface area contributed by atoms with Crippen molar-refractivity contribution in [3.63, 3.8) is 0 Å². The van der Waals surface area contributed by atoms with Gasteiger partial charge in [0.1, 0.15) is 6.42 Å². The van der Waals surface area contributed by atoms with Crippen LogP contribution in [0.25, 0.3) is 0 Å². The van der Waals surface area contributed by atoms with Crippen molar-refractivity contribution < 1.29 is 35.9 Å². The van der Waals surface area contributed by atoms with Crippen LogP contribution in [-0.4, -0.2) is 49.1 Å². The monoisotopic (exact) mass is 476 g/mol. The zero-order valence-electron chi connectivity index (χ0n) is 17.4. The number of nitrogens with two attached hydrogens (primary N) is 1. The lowest BCUT2D eigenvalue weighted by molar-refractivity contribution is -0.162. The van der Waals surface area contributed by atoms with Crippen LogP contribution in [0.2, 0.25) is 0 Å². The molecule has 2 amide bonds. The van der Waals surface area contributed by atoms with E-state index in [1.54, 1.807) is 4.90 Å². The Bertz CT molecular complexity index is 948. The van der Waals surface area contributed by atoms with Crippen LogP contribution in [0.15, 0.2) is 18.2 Å². The van der Waals surface area contributed by atoms with Crippen LogP contribution in [0, 0.1) is 29.1 Å². The molecule has 1 aromatic carbocycles. The summed E-state index contributed by atoms with van der Waals surface area (Å²) in [5.74, 6) is -2.70. The van der Waals surface area contributed by atoms with E-state index in [0.717, 1.165) is 17.0 Å². The third-order valence-corrected chi connectivity index (χ3v) is 6.37. The van der Waals surface area contributed by atoms with Gasteiger partial charge >= 0.3 is 12.4 Å². The first-order chi connectivity index (χ1) is 15.3. The van der Waals surface area contributed by atoms with E-state index in [-0.39, 0.29) is 43.7 Å². The van der Waals surface area contributed by atoms with Gasteiger partial charge in [0.05, 0.1) is 23.1 Å². The molecule has 33 heavy (non-hydrogen) atoms. The van der Waals surface area contributed by atoms with Crippen LogP contribution in [-0.2, 0) is 15.8 Å². The van der Waals surface area contributed by atoms with Crippen molar-refractivity contribution >= 4 is 17.5 Å². The Hall–Kier alpha value is -2.97. The smallest absolute Gasteiger partial charge is 0.370 e. The average Bonchev–Trinajstić information content (AvgIpc) is 3.17. The minimum atomic E-state index is -4.72. The average molecular weight is 476 g/mol. The van der Waals surface area contributed by atoms with Crippen molar-refractivity contribution in [2.45, 2.75) is 31.6 Å². The second-order valence-corrected chi connectivity index (χ2v) is 8.43. The molecule has 12 heteroatoms. The van der Waals surface area contributed by atoms with Gasteiger partial charge in [-0.15, -0.1) is 0 Å². The van der Waals surface area contributed by atoms with E-state index >= 15 is 0 Å². The molecule has 0 radical (unpaired) electrons. The first-order valence-corrected chi connectivity index (χ1v) is 10.3. The number of nitrogens with zero attached hydrogens (tertiary/aromatic N) is 3. The fourth-order valence-corrected chi connectivity index (χ4v) is 4.74. The lowest BCUT2D eigenvalue weighted by Crippen LogP contribution is -2.43. The summed E-state index contributed by atoms with van der Waals surface area (Å²) in [5, 5.41) is 8.97. The molecule has 2 aliphatic heterocycles. The number of amides is 2. The predicted molar refractivity (Wildman–Crippen MR) is 105 cm³/mol. The molecule has 1 aromatic rings. The summed E-state index contributed by atoms with van der Waals surface area (Å²) in [5.41, 5.74) is 4.17. The van der Waals surface area contributed by atoms with Crippen molar-refractivity contribution in [1.29, 1.82) is 5.26 Å². The molecule has 2 saturated heterocycles. The van der Waals surface area contributed by atoms with Gasteiger partial charge in [-0.05, 0) is 42.9 Å². The van der Waals surface area contributed by atoms with Gasteiger partial charge in [-0.2, -0.15) is 31.6 Å². The number of likely N-dealkylation sites (tertiary alicyclic amines) is 1. The van der Waals surface area contributed by atoms with Crippen molar-refractivity contribution in [3.05, 3.63) is 29.3 Å². The molecule has 0 aliphatic carbocycles.